The fraction of sp³-hybridized carbons (Fsp3) is 0.231. The van der Waals surface area contributed by atoms with Gasteiger partial charge in [0.15, 0.2) is 0 Å². The molecule has 1 saturated heterocycles. The normalized spacial score (nSPS) is 18.4. The Balaban J connectivity index is 1.89. The van der Waals surface area contributed by atoms with Crippen LogP contribution in [0.4, 0.5) is 14.9 Å². The van der Waals surface area contributed by atoms with Crippen molar-refractivity contribution in [3.63, 3.8) is 0 Å². The molecule has 1 aromatic heterocycles. The third-order valence-electron chi connectivity index (χ3n) is 3.19. The van der Waals surface area contributed by atoms with Crippen molar-refractivity contribution < 1.29 is 13.9 Å². The number of rotatable bonds is 3. The van der Waals surface area contributed by atoms with Gasteiger partial charge in [0.2, 0.25) is 0 Å². The Morgan fingerprint density at radius 3 is 2.95 bits per heavy atom. The van der Waals surface area contributed by atoms with Crippen LogP contribution in [0.5, 0.6) is 0 Å². The van der Waals surface area contributed by atoms with Crippen LogP contribution in [0.2, 0.25) is 0 Å². The lowest BCUT2D eigenvalue weighted by Gasteiger charge is -2.13. The quantitative estimate of drug-likeness (QED) is 0.889. The van der Waals surface area contributed by atoms with Crippen molar-refractivity contribution in [1.29, 1.82) is 0 Å². The summed E-state index contributed by atoms with van der Waals surface area (Å²) >= 11 is 0. The number of hydrogen-bond acceptors (Lipinski definition) is 4. The van der Waals surface area contributed by atoms with E-state index >= 15 is 0 Å². The second-order valence-electron chi connectivity index (χ2n) is 4.49. The Bertz CT molecular complexity index is 629. The first-order chi connectivity index (χ1) is 9.69. The fourth-order valence-electron chi connectivity index (χ4n) is 2.15. The van der Waals surface area contributed by atoms with Crippen molar-refractivity contribution in [3.05, 3.63) is 36.3 Å². The van der Waals surface area contributed by atoms with E-state index in [1.54, 1.807) is 24.4 Å². The molecule has 7 heteroatoms. The van der Waals surface area contributed by atoms with Gasteiger partial charge in [-0.3, -0.25) is 10.00 Å². The number of nitrogens with two attached hydrogens (primary N) is 1. The van der Waals surface area contributed by atoms with E-state index in [4.69, 9.17) is 10.5 Å². The standard InChI is InChI=1S/C13H13FN4O2/c14-11-5-8(18-7-9(6-15)20-13(18)19)1-2-10(11)12-3-4-16-17-12/h1-5,9H,6-7,15H2,(H,16,17)/t9-/m0/s1. The molecule has 1 aromatic carbocycles. The van der Waals surface area contributed by atoms with Crippen LogP contribution in [0.3, 0.4) is 0 Å². The lowest BCUT2D eigenvalue weighted by molar-refractivity contribution is 0.145. The van der Waals surface area contributed by atoms with Crippen LogP contribution in [0.25, 0.3) is 11.3 Å². The number of anilines is 1. The first-order valence-corrected chi connectivity index (χ1v) is 6.16. The minimum absolute atomic E-state index is 0.247. The van der Waals surface area contributed by atoms with Gasteiger partial charge in [0, 0.05) is 18.3 Å². The van der Waals surface area contributed by atoms with Crippen LogP contribution in [-0.4, -0.2) is 35.5 Å². The zero-order valence-corrected chi connectivity index (χ0v) is 10.5. The third-order valence-corrected chi connectivity index (χ3v) is 3.19. The number of cyclic esters (lactones) is 1. The molecule has 1 fully saturated rings. The molecular formula is C13H13FN4O2. The first-order valence-electron chi connectivity index (χ1n) is 6.16. The van der Waals surface area contributed by atoms with Crippen molar-refractivity contribution in [3.8, 4) is 11.3 Å². The zero-order chi connectivity index (χ0) is 14.1. The van der Waals surface area contributed by atoms with Gasteiger partial charge in [-0.25, -0.2) is 9.18 Å². The number of halogens is 1. The number of aromatic nitrogens is 2. The van der Waals surface area contributed by atoms with E-state index in [0.717, 1.165) is 0 Å². The molecule has 1 aliphatic rings. The Hall–Kier alpha value is -2.41. The number of H-pyrrole nitrogens is 1. The lowest BCUT2D eigenvalue weighted by Crippen LogP contribution is -2.27. The highest BCUT2D eigenvalue weighted by molar-refractivity contribution is 5.90. The van der Waals surface area contributed by atoms with Gasteiger partial charge in [0.1, 0.15) is 11.9 Å². The molecule has 2 heterocycles. The molecule has 0 aliphatic carbocycles. The summed E-state index contributed by atoms with van der Waals surface area (Å²) in [5, 5.41) is 6.48. The first kappa shape index (κ1) is 12.6. The Morgan fingerprint density at radius 2 is 2.35 bits per heavy atom. The Kier molecular flexibility index (Phi) is 3.11. The van der Waals surface area contributed by atoms with Crippen molar-refractivity contribution in [2.24, 2.45) is 5.73 Å². The van der Waals surface area contributed by atoms with E-state index in [1.165, 1.54) is 11.0 Å². The number of carbonyl (C=O) groups is 1. The van der Waals surface area contributed by atoms with Gasteiger partial charge in [-0.1, -0.05) is 0 Å². The third kappa shape index (κ3) is 2.12. The maximum atomic E-state index is 14.1. The summed E-state index contributed by atoms with van der Waals surface area (Å²) in [6, 6.07) is 6.24. The molecule has 1 atom stereocenters. The van der Waals surface area contributed by atoms with Crippen LogP contribution in [-0.2, 0) is 4.74 Å². The van der Waals surface area contributed by atoms with Gasteiger partial charge in [-0.2, -0.15) is 5.10 Å². The number of benzene rings is 1. The summed E-state index contributed by atoms with van der Waals surface area (Å²) in [5.74, 6) is -0.434. The van der Waals surface area contributed by atoms with Gasteiger partial charge >= 0.3 is 6.09 Å². The molecule has 0 unspecified atom stereocenters. The summed E-state index contributed by atoms with van der Waals surface area (Å²) in [5.41, 5.74) is 6.89. The van der Waals surface area contributed by atoms with Crippen LogP contribution in [0, 0.1) is 5.82 Å². The molecule has 1 amide bonds. The topological polar surface area (TPSA) is 84.2 Å². The van der Waals surface area contributed by atoms with Crippen LogP contribution >= 0.6 is 0 Å². The summed E-state index contributed by atoms with van der Waals surface area (Å²) in [7, 11) is 0. The van der Waals surface area contributed by atoms with E-state index in [1.807, 2.05) is 0 Å². The predicted molar refractivity (Wildman–Crippen MR) is 70.7 cm³/mol. The summed E-state index contributed by atoms with van der Waals surface area (Å²) in [6.45, 7) is 0.579. The second-order valence-corrected chi connectivity index (χ2v) is 4.49. The summed E-state index contributed by atoms with van der Waals surface area (Å²) in [4.78, 5) is 13.1. The monoisotopic (exact) mass is 276 g/mol. The van der Waals surface area contributed by atoms with Gasteiger partial charge in [0.05, 0.1) is 17.9 Å². The molecule has 20 heavy (non-hydrogen) atoms. The fourth-order valence-corrected chi connectivity index (χ4v) is 2.15. The average Bonchev–Trinajstić information content (AvgIpc) is 3.07. The summed E-state index contributed by atoms with van der Waals surface area (Å²) in [6.07, 6.45) is 0.693. The van der Waals surface area contributed by atoms with Gasteiger partial charge in [-0.05, 0) is 24.3 Å². The molecule has 3 rings (SSSR count). The number of nitrogens with zero attached hydrogens (tertiary/aromatic N) is 2. The number of hydrogen-bond donors (Lipinski definition) is 2. The van der Waals surface area contributed by atoms with Crippen LogP contribution in [0.1, 0.15) is 0 Å². The van der Waals surface area contributed by atoms with Gasteiger partial charge in [-0.15, -0.1) is 0 Å². The minimum Gasteiger partial charge on any atom is -0.443 e. The van der Waals surface area contributed by atoms with E-state index in [0.29, 0.717) is 23.5 Å². The Morgan fingerprint density at radius 1 is 1.50 bits per heavy atom. The molecule has 0 spiro atoms. The van der Waals surface area contributed by atoms with E-state index < -0.39 is 11.9 Å². The molecule has 0 radical (unpaired) electrons. The largest absolute Gasteiger partial charge is 0.443 e. The number of carbonyl (C=O) groups excluding carboxylic acids is 1. The number of aromatic amines is 1. The number of nitrogens with one attached hydrogen (secondary N) is 1. The van der Waals surface area contributed by atoms with Gasteiger partial charge < -0.3 is 10.5 Å². The van der Waals surface area contributed by atoms with E-state index in [-0.39, 0.29) is 12.6 Å². The molecule has 0 bridgehead atoms. The lowest BCUT2D eigenvalue weighted by atomic mass is 10.1. The predicted octanol–water partition coefficient (Wildman–Crippen LogP) is 1.50. The van der Waals surface area contributed by atoms with Gasteiger partial charge in [0.25, 0.3) is 0 Å². The van der Waals surface area contributed by atoms with Crippen LogP contribution in [0.15, 0.2) is 30.5 Å². The molecule has 104 valence electrons. The van der Waals surface area contributed by atoms with E-state index in [2.05, 4.69) is 10.2 Å². The number of amides is 1. The van der Waals surface area contributed by atoms with E-state index in [9.17, 15) is 9.18 Å². The molecule has 1 aliphatic heterocycles. The van der Waals surface area contributed by atoms with Crippen molar-refractivity contribution in [2.75, 3.05) is 18.0 Å². The Labute approximate surface area is 114 Å². The highest BCUT2D eigenvalue weighted by atomic mass is 19.1. The summed E-state index contributed by atoms with van der Waals surface area (Å²) < 4.78 is 19.2. The molecule has 3 N–H and O–H groups in total. The SMILES string of the molecule is NC[C@H]1CN(c2ccc(-c3ccn[nH]3)c(F)c2)C(=O)O1. The highest BCUT2D eigenvalue weighted by Gasteiger charge is 2.31. The van der Waals surface area contributed by atoms with Crippen molar-refractivity contribution in [1.82, 2.24) is 10.2 Å². The minimum atomic E-state index is -0.505. The zero-order valence-electron chi connectivity index (χ0n) is 10.5. The maximum Gasteiger partial charge on any atom is 0.414 e. The highest BCUT2D eigenvalue weighted by Crippen LogP contribution is 2.27. The second kappa shape index (κ2) is 4.93. The van der Waals surface area contributed by atoms with Crippen molar-refractivity contribution in [2.45, 2.75) is 6.10 Å². The number of ether oxygens (including phenoxy) is 1. The maximum absolute atomic E-state index is 14.1. The smallest absolute Gasteiger partial charge is 0.414 e. The average molecular weight is 276 g/mol. The van der Waals surface area contributed by atoms with Crippen molar-refractivity contribution >= 4 is 11.8 Å². The molecule has 6 nitrogen and oxygen atoms in total. The molecular weight excluding hydrogens is 263 g/mol. The van der Waals surface area contributed by atoms with Crippen LogP contribution < -0.4 is 10.6 Å². The molecule has 0 saturated carbocycles. The molecule has 2 aromatic rings.